The summed E-state index contributed by atoms with van der Waals surface area (Å²) >= 11 is 0. The van der Waals surface area contributed by atoms with E-state index in [1.165, 1.54) is 6.54 Å². The minimum absolute atomic E-state index is 0.537. The van der Waals surface area contributed by atoms with Crippen LogP contribution in [-0.2, 0) is 4.74 Å². The lowest BCUT2D eigenvalue weighted by molar-refractivity contribution is -0.0470. The van der Waals surface area contributed by atoms with E-state index in [-0.39, 0.29) is 0 Å². The van der Waals surface area contributed by atoms with Crippen LogP contribution in [0.3, 0.4) is 0 Å². The van der Waals surface area contributed by atoms with Gasteiger partial charge in [-0.15, -0.1) is 0 Å². The molecule has 1 rings (SSSR count). The lowest BCUT2D eigenvalue weighted by atomic mass is 10.2. The Kier molecular flexibility index (Phi) is 2.49. The Labute approximate surface area is 56.8 Å². The molecule has 2 heteroatoms. The predicted molar refractivity (Wildman–Crippen MR) is 37.5 cm³/mol. The van der Waals surface area contributed by atoms with Crippen LogP contribution in [0.2, 0.25) is 0 Å². The number of ether oxygens (including phenoxy) is 1. The fourth-order valence-electron chi connectivity index (χ4n) is 1.12. The van der Waals surface area contributed by atoms with Crippen LogP contribution >= 0.6 is 0 Å². The highest BCUT2D eigenvalue weighted by molar-refractivity contribution is 4.78. The average Bonchev–Trinajstić information content (AvgIpc) is 1.77. The summed E-state index contributed by atoms with van der Waals surface area (Å²) < 4.78 is 5.37. The standard InChI is InChI=1S/C7H15NO/c1-3-8-5-7(6-8)9-4-2/h7H,3-6H2,1-2H3. The van der Waals surface area contributed by atoms with Crippen LogP contribution in [-0.4, -0.2) is 37.2 Å². The van der Waals surface area contributed by atoms with Gasteiger partial charge in [0.2, 0.25) is 0 Å². The van der Waals surface area contributed by atoms with Crippen molar-refractivity contribution in [3.05, 3.63) is 0 Å². The zero-order valence-electron chi connectivity index (χ0n) is 6.26. The van der Waals surface area contributed by atoms with Gasteiger partial charge in [-0.2, -0.15) is 0 Å². The quantitative estimate of drug-likeness (QED) is 0.557. The Morgan fingerprint density at radius 2 is 2.11 bits per heavy atom. The summed E-state index contributed by atoms with van der Waals surface area (Å²) in [7, 11) is 0. The van der Waals surface area contributed by atoms with Crippen LogP contribution in [0.4, 0.5) is 0 Å². The maximum atomic E-state index is 5.37. The van der Waals surface area contributed by atoms with E-state index in [0.29, 0.717) is 6.10 Å². The molecule has 0 aromatic heterocycles. The third-order valence-corrected chi connectivity index (χ3v) is 1.77. The molecule has 0 aliphatic carbocycles. The molecule has 0 unspecified atom stereocenters. The smallest absolute Gasteiger partial charge is 0.0828 e. The molecule has 54 valence electrons. The van der Waals surface area contributed by atoms with E-state index < -0.39 is 0 Å². The molecule has 0 atom stereocenters. The number of hydrogen-bond donors (Lipinski definition) is 0. The summed E-state index contributed by atoms with van der Waals surface area (Å²) in [6, 6.07) is 0. The summed E-state index contributed by atoms with van der Waals surface area (Å²) in [5.41, 5.74) is 0. The van der Waals surface area contributed by atoms with Crippen LogP contribution < -0.4 is 0 Å². The summed E-state index contributed by atoms with van der Waals surface area (Å²) in [5, 5.41) is 0. The van der Waals surface area contributed by atoms with Crippen LogP contribution in [0.5, 0.6) is 0 Å². The van der Waals surface area contributed by atoms with Crippen molar-refractivity contribution in [3.63, 3.8) is 0 Å². The van der Waals surface area contributed by atoms with Crippen molar-refractivity contribution in [2.24, 2.45) is 0 Å². The van der Waals surface area contributed by atoms with Crippen molar-refractivity contribution in [2.45, 2.75) is 20.0 Å². The zero-order valence-corrected chi connectivity index (χ0v) is 6.26. The SMILES string of the molecule is CCOC1CN(CC)C1. The fraction of sp³-hybridized carbons (Fsp3) is 1.00. The molecule has 0 aromatic carbocycles. The minimum Gasteiger partial charge on any atom is -0.376 e. The molecular formula is C7H15NO. The number of nitrogens with zero attached hydrogens (tertiary/aromatic N) is 1. The van der Waals surface area contributed by atoms with Gasteiger partial charge in [-0.05, 0) is 13.5 Å². The zero-order chi connectivity index (χ0) is 6.69. The third-order valence-electron chi connectivity index (χ3n) is 1.77. The molecule has 1 saturated heterocycles. The van der Waals surface area contributed by atoms with Crippen molar-refractivity contribution < 1.29 is 4.74 Å². The molecule has 1 heterocycles. The van der Waals surface area contributed by atoms with Gasteiger partial charge < -0.3 is 4.74 Å². The normalized spacial score (nSPS) is 22.0. The van der Waals surface area contributed by atoms with E-state index in [2.05, 4.69) is 18.7 Å². The van der Waals surface area contributed by atoms with E-state index in [1.54, 1.807) is 0 Å². The molecule has 0 aromatic rings. The molecule has 9 heavy (non-hydrogen) atoms. The molecule has 1 fully saturated rings. The van der Waals surface area contributed by atoms with Gasteiger partial charge in [0.15, 0.2) is 0 Å². The van der Waals surface area contributed by atoms with Crippen LogP contribution in [0.25, 0.3) is 0 Å². The summed E-state index contributed by atoms with van der Waals surface area (Å²) in [5.74, 6) is 0. The second kappa shape index (κ2) is 3.18. The Balaban J connectivity index is 1.98. The highest BCUT2D eigenvalue weighted by atomic mass is 16.5. The second-order valence-electron chi connectivity index (χ2n) is 2.43. The molecule has 0 saturated carbocycles. The molecule has 0 bridgehead atoms. The fourth-order valence-corrected chi connectivity index (χ4v) is 1.12. The van der Waals surface area contributed by atoms with Crippen molar-refractivity contribution in [1.29, 1.82) is 0 Å². The first-order chi connectivity index (χ1) is 4.36. The highest BCUT2D eigenvalue weighted by Crippen LogP contribution is 2.09. The highest BCUT2D eigenvalue weighted by Gasteiger charge is 2.24. The summed E-state index contributed by atoms with van der Waals surface area (Å²) in [6.45, 7) is 8.55. The van der Waals surface area contributed by atoms with Gasteiger partial charge in [-0.3, -0.25) is 4.90 Å². The maximum absolute atomic E-state index is 5.37. The first-order valence-corrected chi connectivity index (χ1v) is 3.70. The predicted octanol–water partition coefficient (Wildman–Crippen LogP) is 0.727. The van der Waals surface area contributed by atoms with Crippen molar-refractivity contribution in [3.8, 4) is 0 Å². The van der Waals surface area contributed by atoms with Crippen LogP contribution in [0.1, 0.15) is 13.8 Å². The molecule has 2 nitrogen and oxygen atoms in total. The first-order valence-electron chi connectivity index (χ1n) is 3.70. The van der Waals surface area contributed by atoms with Crippen molar-refractivity contribution in [1.82, 2.24) is 4.90 Å². The van der Waals surface area contributed by atoms with Gasteiger partial charge in [0.05, 0.1) is 6.10 Å². The topological polar surface area (TPSA) is 12.5 Å². The van der Waals surface area contributed by atoms with Gasteiger partial charge in [0, 0.05) is 19.7 Å². The number of hydrogen-bond acceptors (Lipinski definition) is 2. The minimum atomic E-state index is 0.537. The van der Waals surface area contributed by atoms with E-state index >= 15 is 0 Å². The lowest BCUT2D eigenvalue weighted by Crippen LogP contribution is -2.51. The molecule has 0 amide bonds. The van der Waals surface area contributed by atoms with Gasteiger partial charge in [0.25, 0.3) is 0 Å². The number of rotatable bonds is 3. The number of likely N-dealkylation sites (N-methyl/N-ethyl adjacent to an activating group) is 1. The van der Waals surface area contributed by atoms with Crippen molar-refractivity contribution in [2.75, 3.05) is 26.2 Å². The second-order valence-corrected chi connectivity index (χ2v) is 2.43. The van der Waals surface area contributed by atoms with E-state index in [9.17, 15) is 0 Å². The van der Waals surface area contributed by atoms with E-state index in [0.717, 1.165) is 19.7 Å². The molecule has 0 radical (unpaired) electrons. The lowest BCUT2D eigenvalue weighted by Gasteiger charge is -2.37. The largest absolute Gasteiger partial charge is 0.376 e. The van der Waals surface area contributed by atoms with Crippen LogP contribution in [0.15, 0.2) is 0 Å². The van der Waals surface area contributed by atoms with Gasteiger partial charge in [0.1, 0.15) is 0 Å². The molecule has 0 spiro atoms. The Morgan fingerprint density at radius 1 is 1.44 bits per heavy atom. The molecular weight excluding hydrogens is 114 g/mol. The third kappa shape index (κ3) is 1.66. The van der Waals surface area contributed by atoms with Gasteiger partial charge in [-0.1, -0.05) is 6.92 Å². The molecule has 0 N–H and O–H groups in total. The van der Waals surface area contributed by atoms with Crippen LogP contribution in [0, 0.1) is 0 Å². The molecule has 1 aliphatic heterocycles. The first kappa shape index (κ1) is 7.03. The summed E-state index contributed by atoms with van der Waals surface area (Å²) in [6.07, 6.45) is 0.537. The van der Waals surface area contributed by atoms with Gasteiger partial charge in [-0.25, -0.2) is 0 Å². The Hall–Kier alpha value is -0.0800. The monoisotopic (exact) mass is 129 g/mol. The Morgan fingerprint density at radius 3 is 2.56 bits per heavy atom. The average molecular weight is 129 g/mol. The van der Waals surface area contributed by atoms with Gasteiger partial charge >= 0.3 is 0 Å². The number of likely N-dealkylation sites (tertiary alicyclic amines) is 1. The Bertz CT molecular complexity index is 79.0. The van der Waals surface area contributed by atoms with E-state index in [4.69, 9.17) is 4.74 Å². The van der Waals surface area contributed by atoms with E-state index in [1.807, 2.05) is 0 Å². The maximum Gasteiger partial charge on any atom is 0.0828 e. The molecule has 1 aliphatic rings. The summed E-state index contributed by atoms with van der Waals surface area (Å²) in [4.78, 5) is 2.38. The van der Waals surface area contributed by atoms with Crippen molar-refractivity contribution >= 4 is 0 Å².